The highest BCUT2D eigenvalue weighted by Gasteiger charge is 2.28. The largest absolute Gasteiger partial charge is 0.458 e. The average molecular weight is 479 g/mol. The fourth-order valence-corrected chi connectivity index (χ4v) is 2.62. The van der Waals surface area contributed by atoms with E-state index in [2.05, 4.69) is 20.9 Å². The third-order valence-electron chi connectivity index (χ3n) is 4.00. The zero-order valence-corrected chi connectivity index (χ0v) is 21.2. The van der Waals surface area contributed by atoms with Crippen molar-refractivity contribution in [3.63, 3.8) is 0 Å². The normalized spacial score (nSPS) is 12.9. The second kappa shape index (κ2) is 13.4. The van der Waals surface area contributed by atoms with Crippen LogP contribution in [0.2, 0.25) is 0 Å². The number of alkyl carbamates (subject to hydrolysis) is 2. The molecule has 0 saturated heterocycles. The van der Waals surface area contributed by atoms with Gasteiger partial charge in [0, 0.05) is 13.6 Å². The summed E-state index contributed by atoms with van der Waals surface area (Å²) in [5, 5.41) is 8.09. The summed E-state index contributed by atoms with van der Waals surface area (Å²) < 4.78 is 15.8. The van der Waals surface area contributed by atoms with E-state index in [9.17, 15) is 14.4 Å². The molecule has 34 heavy (non-hydrogen) atoms. The van der Waals surface area contributed by atoms with Crippen molar-refractivity contribution in [2.45, 2.75) is 78.2 Å². The number of aliphatic imine (C=N–C) groups is 1. The van der Waals surface area contributed by atoms with E-state index in [1.807, 2.05) is 30.3 Å². The summed E-state index contributed by atoms with van der Waals surface area (Å²) in [4.78, 5) is 40.7. The van der Waals surface area contributed by atoms with Crippen LogP contribution in [-0.2, 0) is 25.6 Å². The second-order valence-corrected chi connectivity index (χ2v) is 9.56. The monoisotopic (exact) mass is 478 g/mol. The molecule has 1 atom stereocenters. The van der Waals surface area contributed by atoms with Crippen molar-refractivity contribution >= 4 is 24.1 Å². The quantitative estimate of drug-likeness (QED) is 0.172. The average Bonchev–Trinajstić information content (AvgIpc) is 2.71. The maximum Gasteiger partial charge on any atom is 0.414 e. The molecule has 190 valence electrons. The number of hydrogen-bond donors (Lipinski definition) is 3. The topological polar surface area (TPSA) is 127 Å². The molecule has 2 amide bonds. The maximum absolute atomic E-state index is 12.6. The molecule has 10 heteroatoms. The Bertz CT molecular complexity index is 828. The summed E-state index contributed by atoms with van der Waals surface area (Å²) in [5.41, 5.74) is -0.529. The number of carbonyl (C=O) groups is 3. The number of esters is 1. The first-order valence-electron chi connectivity index (χ1n) is 11.2. The SMILES string of the molecule is CN=C(NCCCC(NC(=O)OC(C)(C)C)C(=O)OC(C)(C)C)NC(=O)OCc1ccccc1. The van der Waals surface area contributed by atoms with Gasteiger partial charge >= 0.3 is 18.2 Å². The minimum Gasteiger partial charge on any atom is -0.458 e. The molecule has 1 aromatic carbocycles. The highest BCUT2D eigenvalue weighted by atomic mass is 16.6. The Labute approximate surface area is 201 Å². The smallest absolute Gasteiger partial charge is 0.414 e. The molecule has 0 fully saturated rings. The van der Waals surface area contributed by atoms with Crippen molar-refractivity contribution in [3.05, 3.63) is 35.9 Å². The van der Waals surface area contributed by atoms with Gasteiger partial charge in [0.1, 0.15) is 23.9 Å². The Kier molecular flexibility index (Phi) is 11.3. The van der Waals surface area contributed by atoms with E-state index in [-0.39, 0.29) is 19.0 Å². The number of hydrogen-bond acceptors (Lipinski definition) is 7. The van der Waals surface area contributed by atoms with Gasteiger partial charge in [0.05, 0.1) is 0 Å². The minimum atomic E-state index is -0.887. The predicted molar refractivity (Wildman–Crippen MR) is 129 cm³/mol. The fourth-order valence-electron chi connectivity index (χ4n) is 2.62. The van der Waals surface area contributed by atoms with Crippen LogP contribution in [0, 0.1) is 0 Å². The minimum absolute atomic E-state index is 0.136. The predicted octanol–water partition coefficient (Wildman–Crippen LogP) is 3.50. The Balaban J connectivity index is 2.54. The highest BCUT2D eigenvalue weighted by Crippen LogP contribution is 2.12. The number of guanidine groups is 1. The second-order valence-electron chi connectivity index (χ2n) is 9.56. The Morgan fingerprint density at radius 2 is 1.56 bits per heavy atom. The number of amides is 2. The van der Waals surface area contributed by atoms with Crippen LogP contribution >= 0.6 is 0 Å². The van der Waals surface area contributed by atoms with E-state index in [0.29, 0.717) is 13.0 Å². The van der Waals surface area contributed by atoms with E-state index in [4.69, 9.17) is 14.2 Å². The van der Waals surface area contributed by atoms with Crippen LogP contribution in [0.25, 0.3) is 0 Å². The first-order valence-corrected chi connectivity index (χ1v) is 11.2. The molecule has 10 nitrogen and oxygen atoms in total. The van der Waals surface area contributed by atoms with E-state index < -0.39 is 35.4 Å². The lowest BCUT2D eigenvalue weighted by Gasteiger charge is -2.26. The molecule has 0 bridgehead atoms. The lowest BCUT2D eigenvalue weighted by molar-refractivity contribution is -0.157. The molecule has 1 aromatic rings. The van der Waals surface area contributed by atoms with Crippen LogP contribution in [0.1, 0.15) is 59.9 Å². The van der Waals surface area contributed by atoms with Gasteiger partial charge in [-0.2, -0.15) is 0 Å². The number of nitrogens with one attached hydrogen (secondary N) is 3. The molecule has 0 aliphatic rings. The van der Waals surface area contributed by atoms with E-state index in [0.717, 1.165) is 5.56 Å². The zero-order chi connectivity index (χ0) is 25.8. The summed E-state index contributed by atoms with van der Waals surface area (Å²) in [7, 11) is 1.52. The van der Waals surface area contributed by atoms with Gasteiger partial charge in [0.25, 0.3) is 0 Å². The van der Waals surface area contributed by atoms with Gasteiger partial charge in [0.15, 0.2) is 0 Å². The van der Waals surface area contributed by atoms with E-state index >= 15 is 0 Å². The van der Waals surface area contributed by atoms with Crippen molar-refractivity contribution < 1.29 is 28.6 Å². The van der Waals surface area contributed by atoms with E-state index in [1.165, 1.54) is 7.05 Å². The first-order chi connectivity index (χ1) is 15.8. The molecule has 0 radical (unpaired) electrons. The summed E-state index contributed by atoms with van der Waals surface area (Å²) in [5.74, 6) is -0.322. The highest BCUT2D eigenvalue weighted by molar-refractivity contribution is 5.93. The van der Waals surface area contributed by atoms with Gasteiger partial charge in [-0.15, -0.1) is 0 Å². The van der Waals surface area contributed by atoms with Crippen LogP contribution in [0.15, 0.2) is 35.3 Å². The van der Waals surface area contributed by atoms with E-state index in [1.54, 1.807) is 41.5 Å². The lowest BCUT2D eigenvalue weighted by atomic mass is 10.1. The molecule has 1 unspecified atom stereocenters. The molecular weight excluding hydrogens is 440 g/mol. The molecule has 0 aliphatic heterocycles. The number of ether oxygens (including phenoxy) is 3. The third kappa shape index (κ3) is 13.3. The summed E-state index contributed by atoms with van der Waals surface area (Å²) in [6, 6.07) is 8.42. The van der Waals surface area contributed by atoms with Crippen molar-refractivity contribution in [2.75, 3.05) is 13.6 Å². The first kappa shape index (κ1) is 28.7. The Hall–Kier alpha value is -3.30. The van der Waals surface area contributed by atoms with Crippen molar-refractivity contribution in [2.24, 2.45) is 4.99 Å². The maximum atomic E-state index is 12.6. The summed E-state index contributed by atoms with van der Waals surface area (Å²) in [6.45, 7) is 11.0. The number of nitrogens with zero attached hydrogens (tertiary/aromatic N) is 1. The standard InChI is InChI=1S/C24H38N4O6/c1-23(2,3)33-19(29)18(27-22(31)34-24(4,5)6)14-11-15-26-20(25-7)28-21(30)32-16-17-12-9-8-10-13-17/h8-10,12-13,18H,11,14-16H2,1-7H3,(H,27,31)(H2,25,26,28,30). The third-order valence-corrected chi connectivity index (χ3v) is 4.00. The summed E-state index contributed by atoms with van der Waals surface area (Å²) in [6.07, 6.45) is -0.582. The van der Waals surface area contributed by atoms with Gasteiger partial charge in [-0.3, -0.25) is 10.3 Å². The molecule has 0 heterocycles. The molecule has 0 spiro atoms. The van der Waals surface area contributed by atoms with Crippen LogP contribution in [-0.4, -0.2) is 55.0 Å². The molecule has 0 aliphatic carbocycles. The Morgan fingerprint density at radius 3 is 2.12 bits per heavy atom. The van der Waals surface area contributed by atoms with Gasteiger partial charge in [-0.25, -0.2) is 14.4 Å². The molecule has 0 aromatic heterocycles. The van der Waals surface area contributed by atoms with Gasteiger partial charge in [-0.05, 0) is 59.9 Å². The number of carbonyl (C=O) groups excluding carboxylic acids is 3. The van der Waals surface area contributed by atoms with Crippen molar-refractivity contribution in [1.82, 2.24) is 16.0 Å². The van der Waals surface area contributed by atoms with Gasteiger partial charge < -0.3 is 24.8 Å². The van der Waals surface area contributed by atoms with Crippen LogP contribution in [0.4, 0.5) is 9.59 Å². The molecule has 3 N–H and O–H groups in total. The fraction of sp³-hybridized carbons (Fsp3) is 0.583. The zero-order valence-electron chi connectivity index (χ0n) is 21.2. The van der Waals surface area contributed by atoms with Crippen molar-refractivity contribution in [3.8, 4) is 0 Å². The molecular formula is C24H38N4O6. The van der Waals surface area contributed by atoms with Gasteiger partial charge in [-0.1, -0.05) is 30.3 Å². The molecule has 0 saturated carbocycles. The number of rotatable bonds is 8. The van der Waals surface area contributed by atoms with Gasteiger partial charge in [0.2, 0.25) is 5.96 Å². The Morgan fingerprint density at radius 1 is 0.941 bits per heavy atom. The molecule has 1 rings (SSSR count). The van der Waals surface area contributed by atoms with Crippen molar-refractivity contribution in [1.29, 1.82) is 0 Å². The van der Waals surface area contributed by atoms with Crippen LogP contribution in [0.5, 0.6) is 0 Å². The lowest BCUT2D eigenvalue weighted by Crippen LogP contribution is -2.46. The van der Waals surface area contributed by atoms with Crippen LogP contribution < -0.4 is 16.0 Å². The summed E-state index contributed by atoms with van der Waals surface area (Å²) >= 11 is 0. The number of benzene rings is 1. The van der Waals surface area contributed by atoms with Crippen LogP contribution in [0.3, 0.4) is 0 Å².